The summed E-state index contributed by atoms with van der Waals surface area (Å²) in [5.74, 6) is 0.520. The average Bonchev–Trinajstić information content (AvgIpc) is 2.51. The summed E-state index contributed by atoms with van der Waals surface area (Å²) in [5.41, 5.74) is 1.26. The lowest BCUT2D eigenvalue weighted by atomic mass is 10.2. The van der Waals surface area contributed by atoms with Crippen LogP contribution in [0.3, 0.4) is 0 Å². The third-order valence-electron chi connectivity index (χ3n) is 2.91. The van der Waals surface area contributed by atoms with Gasteiger partial charge in [0.25, 0.3) is 0 Å². The van der Waals surface area contributed by atoms with Crippen molar-refractivity contribution in [2.24, 2.45) is 0 Å². The molecule has 7 heteroatoms. The second-order valence-electron chi connectivity index (χ2n) is 4.55. The second-order valence-corrected chi connectivity index (χ2v) is 5.41. The van der Waals surface area contributed by atoms with Crippen LogP contribution in [0.5, 0.6) is 11.5 Å². The van der Waals surface area contributed by atoms with Gasteiger partial charge in [0.1, 0.15) is 12.4 Å². The van der Waals surface area contributed by atoms with Gasteiger partial charge in [-0.15, -0.1) is 0 Å². The van der Waals surface area contributed by atoms with Crippen molar-refractivity contribution in [3.05, 3.63) is 74.1 Å². The molecule has 2 aromatic carbocycles. The molecule has 0 N–H and O–H groups in total. The van der Waals surface area contributed by atoms with Crippen molar-refractivity contribution < 1.29 is 18.8 Å². The highest BCUT2D eigenvalue weighted by atomic mass is 79.9. The van der Waals surface area contributed by atoms with Crippen LogP contribution in [0.4, 0.5) is 4.39 Å². The van der Waals surface area contributed by atoms with Crippen molar-refractivity contribution in [1.82, 2.24) is 0 Å². The molecule has 0 radical (unpaired) electrons. The Morgan fingerprint density at radius 1 is 1.35 bits per heavy atom. The maximum absolute atomic E-state index is 13.2. The molecule has 0 atom stereocenters. The van der Waals surface area contributed by atoms with Crippen LogP contribution in [0.2, 0.25) is 0 Å². The van der Waals surface area contributed by atoms with E-state index in [0.29, 0.717) is 27.1 Å². The first kappa shape index (κ1) is 17.0. The number of methoxy groups -OCH3 is 1. The number of hydrogen-bond acceptors (Lipinski definition) is 4. The number of nitrogens with zero attached hydrogens (tertiary/aromatic N) is 1. The quantitative estimate of drug-likeness (QED) is 0.548. The predicted molar refractivity (Wildman–Crippen MR) is 87.5 cm³/mol. The van der Waals surface area contributed by atoms with Crippen LogP contribution in [0.15, 0.2) is 47.1 Å². The van der Waals surface area contributed by atoms with Crippen LogP contribution in [0.25, 0.3) is 6.08 Å². The molecule has 0 spiro atoms. The molecular weight excluding hydrogens is 369 g/mol. The van der Waals surface area contributed by atoms with Crippen molar-refractivity contribution in [1.29, 1.82) is 0 Å². The molecule has 0 amide bonds. The van der Waals surface area contributed by atoms with Gasteiger partial charge in [0.15, 0.2) is 11.5 Å². The molecule has 0 unspecified atom stereocenters. The van der Waals surface area contributed by atoms with Gasteiger partial charge >= 0.3 is 0 Å². The topological polar surface area (TPSA) is 61.6 Å². The minimum Gasteiger partial charge on any atom is -0.493 e. The highest BCUT2D eigenvalue weighted by Crippen LogP contribution is 2.37. The van der Waals surface area contributed by atoms with Gasteiger partial charge in [-0.2, -0.15) is 0 Å². The molecule has 2 aromatic rings. The molecule has 120 valence electrons. The third-order valence-corrected chi connectivity index (χ3v) is 3.50. The Labute approximate surface area is 140 Å². The standard InChI is InChI=1S/C16H13BrFNO4/c1-22-15-9-11(5-6-19(20)21)8-14(17)16(15)23-10-12-3-2-4-13(18)7-12/h2-9H,10H2,1H3/b6-5+. The molecule has 2 rings (SSSR count). The van der Waals surface area contributed by atoms with Crippen molar-refractivity contribution in [2.45, 2.75) is 6.61 Å². The highest BCUT2D eigenvalue weighted by Gasteiger charge is 2.12. The lowest BCUT2D eigenvalue weighted by Crippen LogP contribution is -1.99. The highest BCUT2D eigenvalue weighted by molar-refractivity contribution is 9.10. The third kappa shape index (κ3) is 4.79. The van der Waals surface area contributed by atoms with Gasteiger partial charge in [-0.3, -0.25) is 10.1 Å². The number of hydrogen-bond donors (Lipinski definition) is 0. The first-order valence-corrected chi connectivity index (χ1v) is 7.35. The Bertz CT molecular complexity index is 749. The predicted octanol–water partition coefficient (Wildman–Crippen LogP) is 4.42. The maximum atomic E-state index is 13.2. The van der Waals surface area contributed by atoms with Gasteiger partial charge in [-0.25, -0.2) is 4.39 Å². The van der Waals surface area contributed by atoms with E-state index < -0.39 is 4.92 Å². The van der Waals surface area contributed by atoms with E-state index in [9.17, 15) is 14.5 Å². The summed E-state index contributed by atoms with van der Waals surface area (Å²) in [4.78, 5) is 9.84. The van der Waals surface area contributed by atoms with E-state index in [0.717, 1.165) is 6.20 Å². The van der Waals surface area contributed by atoms with Gasteiger partial charge in [0, 0.05) is 6.08 Å². The minimum absolute atomic E-state index is 0.163. The maximum Gasteiger partial charge on any atom is 0.235 e. The number of benzene rings is 2. The molecule has 5 nitrogen and oxygen atoms in total. The molecule has 0 aromatic heterocycles. The Hall–Kier alpha value is -2.41. The molecule has 0 bridgehead atoms. The summed E-state index contributed by atoms with van der Waals surface area (Å²) in [6, 6.07) is 9.38. The van der Waals surface area contributed by atoms with Crippen LogP contribution < -0.4 is 9.47 Å². The fraction of sp³-hybridized carbons (Fsp3) is 0.125. The Kier molecular flexibility index (Phi) is 5.70. The zero-order chi connectivity index (χ0) is 16.8. The number of halogens is 2. The fourth-order valence-electron chi connectivity index (χ4n) is 1.91. The van der Waals surface area contributed by atoms with E-state index in [1.54, 1.807) is 24.3 Å². The van der Waals surface area contributed by atoms with E-state index in [1.807, 2.05) is 0 Å². The number of ether oxygens (including phenoxy) is 2. The van der Waals surface area contributed by atoms with Crippen molar-refractivity contribution in [3.63, 3.8) is 0 Å². The normalized spacial score (nSPS) is 10.7. The summed E-state index contributed by atoms with van der Waals surface area (Å²) in [7, 11) is 1.47. The lowest BCUT2D eigenvalue weighted by molar-refractivity contribution is -0.400. The Morgan fingerprint density at radius 2 is 2.13 bits per heavy atom. The van der Waals surface area contributed by atoms with Crippen LogP contribution >= 0.6 is 15.9 Å². The van der Waals surface area contributed by atoms with Crippen LogP contribution in [0.1, 0.15) is 11.1 Å². The van der Waals surface area contributed by atoms with Crippen molar-refractivity contribution >= 4 is 22.0 Å². The molecule has 0 saturated heterocycles. The summed E-state index contributed by atoms with van der Waals surface area (Å²) in [6.45, 7) is 0.163. The first-order chi connectivity index (χ1) is 11.0. The molecular formula is C16H13BrFNO4. The summed E-state index contributed by atoms with van der Waals surface area (Å²) < 4.78 is 24.7. The van der Waals surface area contributed by atoms with Gasteiger partial charge in [-0.05, 0) is 51.3 Å². The van der Waals surface area contributed by atoms with Gasteiger partial charge in [0.2, 0.25) is 6.20 Å². The lowest BCUT2D eigenvalue weighted by Gasteiger charge is -2.13. The molecule has 0 aliphatic carbocycles. The van der Waals surface area contributed by atoms with E-state index in [4.69, 9.17) is 9.47 Å². The van der Waals surface area contributed by atoms with E-state index in [2.05, 4.69) is 15.9 Å². The molecule has 0 aliphatic heterocycles. The van der Waals surface area contributed by atoms with Crippen LogP contribution in [-0.2, 0) is 6.61 Å². The molecule has 0 saturated carbocycles. The van der Waals surface area contributed by atoms with Crippen LogP contribution in [-0.4, -0.2) is 12.0 Å². The van der Waals surface area contributed by atoms with Gasteiger partial charge < -0.3 is 9.47 Å². The minimum atomic E-state index is -0.547. The van der Waals surface area contributed by atoms with Crippen molar-refractivity contribution in [2.75, 3.05) is 7.11 Å². The van der Waals surface area contributed by atoms with E-state index in [-0.39, 0.29) is 12.4 Å². The zero-order valence-electron chi connectivity index (χ0n) is 12.2. The zero-order valence-corrected chi connectivity index (χ0v) is 13.7. The SMILES string of the molecule is COc1cc(/C=C/[N+](=O)[O-])cc(Br)c1OCc1cccc(F)c1. The average molecular weight is 382 g/mol. The van der Waals surface area contributed by atoms with Crippen LogP contribution in [0, 0.1) is 15.9 Å². The largest absolute Gasteiger partial charge is 0.493 e. The number of nitro groups is 1. The fourth-order valence-corrected chi connectivity index (χ4v) is 2.48. The van der Waals surface area contributed by atoms with E-state index in [1.165, 1.54) is 25.3 Å². The Balaban J connectivity index is 2.22. The van der Waals surface area contributed by atoms with Gasteiger partial charge in [0.05, 0.1) is 16.5 Å². The van der Waals surface area contributed by atoms with Gasteiger partial charge in [-0.1, -0.05) is 12.1 Å². The monoisotopic (exact) mass is 381 g/mol. The molecule has 0 heterocycles. The smallest absolute Gasteiger partial charge is 0.235 e. The molecule has 23 heavy (non-hydrogen) atoms. The molecule has 0 fully saturated rings. The first-order valence-electron chi connectivity index (χ1n) is 6.56. The summed E-state index contributed by atoms with van der Waals surface area (Å²) in [5, 5.41) is 10.4. The van der Waals surface area contributed by atoms with E-state index >= 15 is 0 Å². The number of rotatable bonds is 6. The van der Waals surface area contributed by atoms with Crippen molar-refractivity contribution in [3.8, 4) is 11.5 Å². The molecule has 0 aliphatic rings. The Morgan fingerprint density at radius 3 is 2.78 bits per heavy atom. The second kappa shape index (κ2) is 7.73. The summed E-state index contributed by atoms with van der Waals surface area (Å²) >= 11 is 3.35. The summed E-state index contributed by atoms with van der Waals surface area (Å²) in [6.07, 6.45) is 2.19.